The third-order valence-electron chi connectivity index (χ3n) is 9.82. The van der Waals surface area contributed by atoms with E-state index in [9.17, 15) is 0 Å². The topological polar surface area (TPSA) is 12.9 Å². The van der Waals surface area contributed by atoms with Crippen molar-refractivity contribution in [2.75, 3.05) is 0 Å². The standard InChI is InChI=1S/C40H29N/c1-22-11-14-25-31(18-22)30(24-13-16-27-26-8-5-6-10-35(26)40(3,4)36(27)19-24)20-33-28-15-12-23(2)37-29-9-7-17-41-39(29)34(38(28)37)21-32(25)33/h5-21H,1-4H3. The molecule has 0 aliphatic heterocycles. The van der Waals surface area contributed by atoms with Crippen molar-refractivity contribution in [3.05, 3.63) is 126 Å². The molecule has 0 N–H and O–H groups in total. The van der Waals surface area contributed by atoms with Gasteiger partial charge in [0.2, 0.25) is 0 Å². The molecule has 194 valence electrons. The van der Waals surface area contributed by atoms with Crippen LogP contribution in [0.25, 0.3) is 77.0 Å². The lowest BCUT2D eigenvalue weighted by Crippen LogP contribution is -2.14. The molecule has 0 saturated heterocycles. The van der Waals surface area contributed by atoms with E-state index in [1.807, 2.05) is 6.20 Å². The molecule has 1 nitrogen and oxygen atoms in total. The second kappa shape index (κ2) is 7.71. The number of fused-ring (bicyclic) bond motifs is 10. The fourth-order valence-electron chi connectivity index (χ4n) is 7.83. The summed E-state index contributed by atoms with van der Waals surface area (Å²) in [5.41, 5.74) is 15.7. The predicted octanol–water partition coefficient (Wildman–Crippen LogP) is 10.8. The molecule has 6 aromatic carbocycles. The van der Waals surface area contributed by atoms with Crippen LogP contribution in [0.15, 0.2) is 103 Å². The molecule has 1 heterocycles. The van der Waals surface area contributed by atoms with Gasteiger partial charge in [-0.1, -0.05) is 92.2 Å². The number of aryl methyl sites for hydroxylation is 2. The molecular formula is C40H29N. The Labute approximate surface area is 240 Å². The van der Waals surface area contributed by atoms with Crippen LogP contribution in [0.2, 0.25) is 0 Å². The minimum atomic E-state index is -0.0317. The van der Waals surface area contributed by atoms with Gasteiger partial charge in [-0.3, -0.25) is 4.98 Å². The molecule has 1 aromatic heterocycles. The average Bonchev–Trinajstić information content (AvgIpc) is 3.44. The molecule has 0 spiro atoms. The van der Waals surface area contributed by atoms with Crippen molar-refractivity contribution in [2.24, 2.45) is 0 Å². The van der Waals surface area contributed by atoms with E-state index in [1.54, 1.807) is 0 Å². The predicted molar refractivity (Wildman–Crippen MR) is 174 cm³/mol. The minimum absolute atomic E-state index is 0.0317. The van der Waals surface area contributed by atoms with E-state index in [2.05, 4.69) is 125 Å². The van der Waals surface area contributed by atoms with Crippen LogP contribution in [0.3, 0.4) is 0 Å². The number of hydrogen-bond donors (Lipinski definition) is 0. The van der Waals surface area contributed by atoms with E-state index in [-0.39, 0.29) is 5.41 Å². The average molecular weight is 524 g/mol. The lowest BCUT2D eigenvalue weighted by molar-refractivity contribution is 0.660. The SMILES string of the molecule is Cc1ccc2c(c1)c(-c1ccc3c(c1)C(C)(C)c1ccccc1-3)cc1c3ccc(C)c4c3c(cc21)-c1ncccc1-4. The summed E-state index contributed by atoms with van der Waals surface area (Å²) in [6.45, 7) is 9.16. The van der Waals surface area contributed by atoms with Crippen molar-refractivity contribution in [1.29, 1.82) is 0 Å². The van der Waals surface area contributed by atoms with Gasteiger partial charge < -0.3 is 0 Å². The Balaban J connectivity index is 1.40. The van der Waals surface area contributed by atoms with E-state index in [4.69, 9.17) is 4.98 Å². The van der Waals surface area contributed by atoms with Gasteiger partial charge in [-0.2, -0.15) is 0 Å². The maximum atomic E-state index is 4.87. The lowest BCUT2D eigenvalue weighted by atomic mass is 9.81. The normalized spacial score (nSPS) is 14.0. The first-order valence-electron chi connectivity index (χ1n) is 14.6. The lowest BCUT2D eigenvalue weighted by Gasteiger charge is -2.22. The molecular weight excluding hydrogens is 494 g/mol. The van der Waals surface area contributed by atoms with Crippen LogP contribution in [0.5, 0.6) is 0 Å². The highest BCUT2D eigenvalue weighted by atomic mass is 14.7. The molecule has 0 bridgehead atoms. The molecule has 0 amide bonds. The van der Waals surface area contributed by atoms with Gasteiger partial charge >= 0.3 is 0 Å². The quantitative estimate of drug-likeness (QED) is 0.195. The number of rotatable bonds is 1. The molecule has 2 aliphatic rings. The van der Waals surface area contributed by atoms with Gasteiger partial charge in [-0.05, 0) is 115 Å². The number of benzene rings is 6. The number of aromatic nitrogens is 1. The van der Waals surface area contributed by atoms with Crippen LogP contribution in [0.1, 0.15) is 36.1 Å². The number of hydrogen-bond acceptors (Lipinski definition) is 1. The molecule has 41 heavy (non-hydrogen) atoms. The van der Waals surface area contributed by atoms with E-state index in [0.717, 1.165) is 5.69 Å². The van der Waals surface area contributed by atoms with Crippen LogP contribution in [0.4, 0.5) is 0 Å². The van der Waals surface area contributed by atoms with Crippen LogP contribution < -0.4 is 0 Å². The van der Waals surface area contributed by atoms with Crippen LogP contribution in [-0.2, 0) is 5.41 Å². The van der Waals surface area contributed by atoms with Gasteiger partial charge in [0.25, 0.3) is 0 Å². The van der Waals surface area contributed by atoms with Crippen molar-refractivity contribution in [3.8, 4) is 44.6 Å². The molecule has 9 rings (SSSR count). The van der Waals surface area contributed by atoms with E-state index in [1.165, 1.54) is 93.5 Å². The first-order valence-corrected chi connectivity index (χ1v) is 14.6. The Bertz CT molecular complexity index is 2300. The summed E-state index contributed by atoms with van der Waals surface area (Å²) in [4.78, 5) is 4.87. The van der Waals surface area contributed by atoms with Gasteiger partial charge in [-0.25, -0.2) is 0 Å². The van der Waals surface area contributed by atoms with Crippen LogP contribution >= 0.6 is 0 Å². The van der Waals surface area contributed by atoms with E-state index >= 15 is 0 Å². The highest BCUT2D eigenvalue weighted by Crippen LogP contribution is 2.53. The van der Waals surface area contributed by atoms with Crippen molar-refractivity contribution in [2.45, 2.75) is 33.1 Å². The molecule has 7 aromatic rings. The summed E-state index contributed by atoms with van der Waals surface area (Å²) in [7, 11) is 0. The second-order valence-corrected chi connectivity index (χ2v) is 12.5. The fraction of sp³-hybridized carbons (Fsp3) is 0.125. The van der Waals surface area contributed by atoms with Gasteiger partial charge in [0.15, 0.2) is 0 Å². The van der Waals surface area contributed by atoms with Gasteiger partial charge in [0.1, 0.15) is 0 Å². The number of nitrogens with zero attached hydrogens (tertiary/aromatic N) is 1. The molecule has 1 heteroatoms. The van der Waals surface area contributed by atoms with Crippen molar-refractivity contribution in [3.63, 3.8) is 0 Å². The van der Waals surface area contributed by atoms with Gasteiger partial charge in [0.05, 0.1) is 5.69 Å². The van der Waals surface area contributed by atoms with Crippen molar-refractivity contribution in [1.82, 2.24) is 4.98 Å². The summed E-state index contributed by atoms with van der Waals surface area (Å²) in [6.07, 6.45) is 1.92. The number of pyridine rings is 1. The van der Waals surface area contributed by atoms with Crippen molar-refractivity contribution < 1.29 is 0 Å². The molecule has 0 fully saturated rings. The molecule has 2 aliphatic carbocycles. The fourth-order valence-corrected chi connectivity index (χ4v) is 7.83. The Kier molecular flexibility index (Phi) is 4.32. The molecule has 0 unspecified atom stereocenters. The van der Waals surface area contributed by atoms with E-state index in [0.29, 0.717) is 0 Å². The molecule has 0 radical (unpaired) electrons. The summed E-state index contributed by atoms with van der Waals surface area (Å²) in [6, 6.07) is 36.8. The Hall–Kier alpha value is -4.75. The Morgan fingerprint density at radius 1 is 0.537 bits per heavy atom. The van der Waals surface area contributed by atoms with Crippen molar-refractivity contribution >= 4 is 32.3 Å². The monoisotopic (exact) mass is 523 g/mol. The zero-order valence-electron chi connectivity index (χ0n) is 23.8. The van der Waals surface area contributed by atoms with Gasteiger partial charge in [-0.15, -0.1) is 0 Å². The first kappa shape index (κ1) is 23.0. The van der Waals surface area contributed by atoms with Crippen LogP contribution in [0, 0.1) is 13.8 Å². The maximum absolute atomic E-state index is 4.87. The zero-order chi connectivity index (χ0) is 27.6. The Morgan fingerprint density at radius 2 is 1.29 bits per heavy atom. The third kappa shape index (κ3) is 2.88. The summed E-state index contributed by atoms with van der Waals surface area (Å²) in [5.74, 6) is 0. The summed E-state index contributed by atoms with van der Waals surface area (Å²) < 4.78 is 0. The third-order valence-corrected chi connectivity index (χ3v) is 9.82. The molecule has 0 saturated carbocycles. The minimum Gasteiger partial charge on any atom is -0.256 e. The second-order valence-electron chi connectivity index (χ2n) is 12.5. The first-order chi connectivity index (χ1) is 19.9. The smallest absolute Gasteiger partial charge is 0.0787 e. The highest BCUT2D eigenvalue weighted by molar-refractivity contribution is 6.28. The maximum Gasteiger partial charge on any atom is 0.0787 e. The highest BCUT2D eigenvalue weighted by Gasteiger charge is 2.35. The largest absolute Gasteiger partial charge is 0.256 e. The molecule has 0 atom stereocenters. The summed E-state index contributed by atoms with van der Waals surface area (Å²) >= 11 is 0. The van der Waals surface area contributed by atoms with Crippen LogP contribution in [-0.4, -0.2) is 4.98 Å². The van der Waals surface area contributed by atoms with E-state index < -0.39 is 0 Å². The summed E-state index contributed by atoms with van der Waals surface area (Å²) in [5, 5.41) is 7.88. The Morgan fingerprint density at radius 3 is 2.20 bits per heavy atom. The van der Waals surface area contributed by atoms with Gasteiger partial charge in [0, 0.05) is 22.7 Å². The zero-order valence-corrected chi connectivity index (χ0v) is 23.8.